The van der Waals surface area contributed by atoms with Crippen LogP contribution in [0.25, 0.3) is 11.4 Å². The second kappa shape index (κ2) is 8.08. The third-order valence-corrected chi connectivity index (χ3v) is 4.94. The van der Waals surface area contributed by atoms with Gasteiger partial charge in [0, 0.05) is 41.8 Å². The van der Waals surface area contributed by atoms with Crippen molar-refractivity contribution in [2.24, 2.45) is 0 Å². The van der Waals surface area contributed by atoms with Crippen LogP contribution in [0.3, 0.4) is 0 Å². The quantitative estimate of drug-likeness (QED) is 0.756. The van der Waals surface area contributed by atoms with Crippen molar-refractivity contribution in [3.8, 4) is 11.4 Å². The molecule has 0 radical (unpaired) electrons. The molecule has 0 saturated heterocycles. The van der Waals surface area contributed by atoms with Crippen molar-refractivity contribution >= 4 is 5.91 Å². The number of nitrogens with zero attached hydrogens (tertiary/aromatic N) is 3. The third-order valence-electron chi connectivity index (χ3n) is 4.94. The summed E-state index contributed by atoms with van der Waals surface area (Å²) in [6.07, 6.45) is 9.48. The number of rotatable bonds is 5. The van der Waals surface area contributed by atoms with Crippen LogP contribution in [0.5, 0.6) is 0 Å². The van der Waals surface area contributed by atoms with E-state index in [0.29, 0.717) is 12.2 Å². The molecule has 5 heteroatoms. The van der Waals surface area contributed by atoms with Crippen molar-refractivity contribution in [3.05, 3.63) is 77.9 Å². The lowest BCUT2D eigenvalue weighted by molar-refractivity contribution is -0.121. The number of amides is 1. The Kier molecular flexibility index (Phi) is 5.19. The van der Waals surface area contributed by atoms with Gasteiger partial charge in [-0.3, -0.25) is 9.78 Å². The largest absolute Gasteiger partial charge is 0.349 e. The summed E-state index contributed by atoms with van der Waals surface area (Å²) in [5.74, 6) is 0.794. The van der Waals surface area contributed by atoms with Crippen molar-refractivity contribution in [1.29, 1.82) is 0 Å². The average molecular weight is 358 g/mol. The number of benzene rings is 1. The molecule has 1 N–H and O–H groups in total. The summed E-state index contributed by atoms with van der Waals surface area (Å²) in [5, 5.41) is 3.18. The van der Waals surface area contributed by atoms with Gasteiger partial charge in [0.25, 0.3) is 0 Å². The number of hydrogen-bond donors (Lipinski definition) is 1. The summed E-state index contributed by atoms with van der Waals surface area (Å²) >= 11 is 0. The molecule has 0 bridgehead atoms. The zero-order chi connectivity index (χ0) is 18.5. The summed E-state index contributed by atoms with van der Waals surface area (Å²) in [4.78, 5) is 25.7. The summed E-state index contributed by atoms with van der Waals surface area (Å²) in [5.41, 5.74) is 4.23. The highest BCUT2D eigenvalue weighted by Gasteiger charge is 2.23. The highest BCUT2D eigenvalue weighted by atomic mass is 16.1. The van der Waals surface area contributed by atoms with Crippen molar-refractivity contribution < 1.29 is 4.79 Å². The van der Waals surface area contributed by atoms with E-state index in [9.17, 15) is 4.79 Å². The number of carbonyl (C=O) groups excluding carboxylic acids is 1. The van der Waals surface area contributed by atoms with Crippen LogP contribution < -0.4 is 5.32 Å². The Hall–Kier alpha value is -3.08. The first kappa shape index (κ1) is 17.3. The number of aryl methyl sites for hydroxylation is 2. The molecule has 3 aromatic rings. The van der Waals surface area contributed by atoms with Crippen LogP contribution in [0.4, 0.5) is 0 Å². The van der Waals surface area contributed by atoms with Crippen LogP contribution >= 0.6 is 0 Å². The van der Waals surface area contributed by atoms with Crippen LogP contribution in [0, 0.1) is 0 Å². The summed E-state index contributed by atoms with van der Waals surface area (Å²) in [7, 11) is 0. The van der Waals surface area contributed by atoms with E-state index in [1.807, 2.05) is 36.5 Å². The van der Waals surface area contributed by atoms with E-state index in [-0.39, 0.29) is 11.9 Å². The first-order valence-electron chi connectivity index (χ1n) is 9.39. The van der Waals surface area contributed by atoms with Crippen LogP contribution in [-0.2, 0) is 17.6 Å². The highest BCUT2D eigenvalue weighted by Crippen LogP contribution is 2.29. The second-order valence-corrected chi connectivity index (χ2v) is 6.83. The number of carbonyl (C=O) groups is 1. The Morgan fingerprint density at radius 3 is 2.74 bits per heavy atom. The van der Waals surface area contributed by atoms with Crippen molar-refractivity contribution in [3.63, 3.8) is 0 Å². The van der Waals surface area contributed by atoms with Gasteiger partial charge in [-0.1, -0.05) is 30.3 Å². The molecule has 0 aliphatic heterocycles. The molecule has 0 spiro atoms. The fourth-order valence-corrected chi connectivity index (χ4v) is 3.51. The second-order valence-electron chi connectivity index (χ2n) is 6.83. The zero-order valence-electron chi connectivity index (χ0n) is 15.1. The number of hydrogen-bond acceptors (Lipinski definition) is 4. The maximum atomic E-state index is 12.4. The van der Waals surface area contributed by atoms with E-state index < -0.39 is 0 Å². The Morgan fingerprint density at radius 1 is 1.11 bits per heavy atom. The van der Waals surface area contributed by atoms with Crippen molar-refractivity contribution in [1.82, 2.24) is 20.3 Å². The predicted molar refractivity (Wildman–Crippen MR) is 104 cm³/mol. The maximum absolute atomic E-state index is 12.4. The zero-order valence-corrected chi connectivity index (χ0v) is 15.1. The minimum Gasteiger partial charge on any atom is -0.349 e. The lowest BCUT2D eigenvalue weighted by Crippen LogP contribution is -2.31. The van der Waals surface area contributed by atoms with E-state index in [0.717, 1.165) is 42.5 Å². The molecule has 5 nitrogen and oxygen atoms in total. The van der Waals surface area contributed by atoms with Gasteiger partial charge in [-0.2, -0.15) is 0 Å². The summed E-state index contributed by atoms with van der Waals surface area (Å²) < 4.78 is 0. The van der Waals surface area contributed by atoms with Crippen LogP contribution in [0.2, 0.25) is 0 Å². The third kappa shape index (κ3) is 4.19. The molecule has 136 valence electrons. The molecule has 4 rings (SSSR count). The molecule has 27 heavy (non-hydrogen) atoms. The van der Waals surface area contributed by atoms with E-state index in [1.165, 1.54) is 5.56 Å². The van der Waals surface area contributed by atoms with Gasteiger partial charge in [0.05, 0.1) is 6.04 Å². The Morgan fingerprint density at radius 2 is 1.93 bits per heavy atom. The van der Waals surface area contributed by atoms with Crippen molar-refractivity contribution in [2.45, 2.75) is 38.1 Å². The van der Waals surface area contributed by atoms with Gasteiger partial charge in [0.2, 0.25) is 5.91 Å². The molecular weight excluding hydrogens is 336 g/mol. The number of nitrogens with one attached hydrogen (secondary N) is 1. The number of aromatic nitrogens is 3. The summed E-state index contributed by atoms with van der Waals surface area (Å²) in [6.45, 7) is 0. The lowest BCUT2D eigenvalue weighted by Gasteiger charge is -2.25. The van der Waals surface area contributed by atoms with Gasteiger partial charge in [-0.05, 0) is 43.4 Å². The van der Waals surface area contributed by atoms with E-state index in [4.69, 9.17) is 4.98 Å². The van der Waals surface area contributed by atoms with Gasteiger partial charge in [-0.15, -0.1) is 0 Å². The fourth-order valence-electron chi connectivity index (χ4n) is 3.51. The van der Waals surface area contributed by atoms with Crippen LogP contribution in [-0.4, -0.2) is 20.9 Å². The Labute approximate surface area is 158 Å². The smallest absolute Gasteiger partial charge is 0.220 e. The topological polar surface area (TPSA) is 67.8 Å². The molecule has 1 atom stereocenters. The lowest BCUT2D eigenvalue weighted by atomic mass is 9.92. The molecule has 2 aromatic heterocycles. The van der Waals surface area contributed by atoms with E-state index in [2.05, 4.69) is 27.4 Å². The van der Waals surface area contributed by atoms with Gasteiger partial charge in [0.1, 0.15) is 0 Å². The molecule has 0 unspecified atom stereocenters. The first-order valence-corrected chi connectivity index (χ1v) is 9.39. The Bertz CT molecular complexity index is 912. The normalized spacial score (nSPS) is 15.8. The monoisotopic (exact) mass is 358 g/mol. The predicted octanol–water partition coefficient (Wildman–Crippen LogP) is 3.67. The Balaban J connectivity index is 1.44. The average Bonchev–Trinajstić information content (AvgIpc) is 2.73. The molecule has 0 fully saturated rings. The SMILES string of the molecule is O=C(CCc1ccccc1)N[C@H]1CCCc2nc(-c3ccncc3)ncc21. The highest BCUT2D eigenvalue weighted by molar-refractivity contribution is 5.76. The molecule has 1 aliphatic rings. The molecule has 1 aliphatic carbocycles. The van der Waals surface area contributed by atoms with Gasteiger partial charge >= 0.3 is 0 Å². The summed E-state index contributed by atoms with van der Waals surface area (Å²) in [6, 6.07) is 13.9. The van der Waals surface area contributed by atoms with Crippen molar-refractivity contribution in [2.75, 3.05) is 0 Å². The number of fused-ring (bicyclic) bond motifs is 1. The molecule has 1 amide bonds. The van der Waals surface area contributed by atoms with E-state index in [1.54, 1.807) is 12.4 Å². The van der Waals surface area contributed by atoms with Crippen LogP contribution in [0.1, 0.15) is 42.1 Å². The minimum atomic E-state index is 0.00325. The molecule has 2 heterocycles. The molecule has 1 aromatic carbocycles. The fraction of sp³-hybridized carbons (Fsp3) is 0.273. The standard InChI is InChI=1S/C22H22N4O/c27-21(10-9-16-5-2-1-3-6-16)25-19-7-4-8-20-18(19)15-24-22(26-20)17-11-13-23-14-12-17/h1-3,5-6,11-15,19H,4,7-10H2,(H,25,27)/t19-/m0/s1. The first-order chi connectivity index (χ1) is 13.3. The van der Waals surface area contributed by atoms with Gasteiger partial charge in [0.15, 0.2) is 5.82 Å². The maximum Gasteiger partial charge on any atom is 0.220 e. The van der Waals surface area contributed by atoms with Crippen LogP contribution in [0.15, 0.2) is 61.1 Å². The molecular formula is C22H22N4O. The van der Waals surface area contributed by atoms with E-state index >= 15 is 0 Å². The molecule has 0 saturated carbocycles. The van der Waals surface area contributed by atoms with Gasteiger partial charge in [-0.25, -0.2) is 9.97 Å². The number of pyridine rings is 1. The minimum absolute atomic E-state index is 0.00325. The van der Waals surface area contributed by atoms with Gasteiger partial charge < -0.3 is 5.32 Å².